The molecule has 1 saturated carbocycles. The Kier molecular flexibility index (Phi) is 3.80. The molecule has 0 spiro atoms. The largest absolute Gasteiger partial charge is 0.393 e. The van der Waals surface area contributed by atoms with Crippen molar-refractivity contribution < 1.29 is 9.90 Å². The summed E-state index contributed by atoms with van der Waals surface area (Å²) in [4.78, 5) is 28.4. The molecule has 2 heterocycles. The van der Waals surface area contributed by atoms with Gasteiger partial charge in [0.2, 0.25) is 0 Å². The molecule has 108 valence electrons. The monoisotopic (exact) mass is 295 g/mol. The van der Waals surface area contributed by atoms with Gasteiger partial charge in [0.1, 0.15) is 5.56 Å². The van der Waals surface area contributed by atoms with E-state index in [-0.39, 0.29) is 23.1 Å². The highest BCUT2D eigenvalue weighted by atomic mass is 32.2. The van der Waals surface area contributed by atoms with E-state index in [4.69, 9.17) is 0 Å². The van der Waals surface area contributed by atoms with Crippen molar-refractivity contribution in [3.8, 4) is 0 Å². The first-order valence-electron chi connectivity index (χ1n) is 6.85. The van der Waals surface area contributed by atoms with Crippen molar-refractivity contribution in [1.82, 2.24) is 14.9 Å². The molecule has 0 bridgehead atoms. The normalized spacial score (nSPS) is 24.6. The maximum absolute atomic E-state index is 12.2. The van der Waals surface area contributed by atoms with Crippen LogP contribution in [-0.2, 0) is 6.54 Å². The fourth-order valence-corrected chi connectivity index (χ4v) is 3.66. The molecule has 3 rings (SSSR count). The minimum Gasteiger partial charge on any atom is -0.393 e. The van der Waals surface area contributed by atoms with Crippen molar-refractivity contribution >= 4 is 17.7 Å². The van der Waals surface area contributed by atoms with Gasteiger partial charge in [0.15, 0.2) is 5.16 Å². The van der Waals surface area contributed by atoms with Gasteiger partial charge in [-0.3, -0.25) is 14.2 Å². The molecule has 2 aliphatic rings. The Balaban J connectivity index is 1.70. The molecule has 7 heteroatoms. The SMILES string of the molecule is O=C(NCC1CCCC1O)c1cnc2n(c1=O)CCS2. The molecule has 1 fully saturated rings. The molecule has 6 nitrogen and oxygen atoms in total. The number of amides is 1. The summed E-state index contributed by atoms with van der Waals surface area (Å²) >= 11 is 1.52. The van der Waals surface area contributed by atoms with Crippen LogP contribution in [0.1, 0.15) is 29.6 Å². The highest BCUT2D eigenvalue weighted by molar-refractivity contribution is 7.99. The molecule has 0 radical (unpaired) electrons. The quantitative estimate of drug-likeness (QED) is 0.780. The van der Waals surface area contributed by atoms with E-state index in [1.54, 1.807) is 4.57 Å². The number of thioether (sulfide) groups is 1. The Morgan fingerprint density at radius 2 is 2.40 bits per heavy atom. The number of aliphatic hydroxyl groups is 1. The van der Waals surface area contributed by atoms with E-state index in [1.165, 1.54) is 18.0 Å². The van der Waals surface area contributed by atoms with Crippen LogP contribution < -0.4 is 10.9 Å². The highest BCUT2D eigenvalue weighted by Gasteiger charge is 2.26. The third-order valence-electron chi connectivity index (χ3n) is 3.94. The number of carbonyl (C=O) groups is 1. The summed E-state index contributed by atoms with van der Waals surface area (Å²) in [5.74, 6) is 0.523. The molecule has 2 unspecified atom stereocenters. The van der Waals surface area contributed by atoms with Gasteiger partial charge in [-0.25, -0.2) is 4.98 Å². The fourth-order valence-electron chi connectivity index (χ4n) is 2.75. The van der Waals surface area contributed by atoms with Gasteiger partial charge in [-0.1, -0.05) is 18.2 Å². The number of nitrogens with one attached hydrogen (secondary N) is 1. The number of aliphatic hydroxyl groups excluding tert-OH is 1. The predicted octanol–water partition coefficient (Wildman–Crippen LogP) is 0.240. The Morgan fingerprint density at radius 3 is 3.15 bits per heavy atom. The second-order valence-electron chi connectivity index (χ2n) is 5.23. The lowest BCUT2D eigenvalue weighted by Gasteiger charge is -2.15. The van der Waals surface area contributed by atoms with Crippen molar-refractivity contribution in [2.24, 2.45) is 5.92 Å². The van der Waals surface area contributed by atoms with E-state index in [1.807, 2.05) is 0 Å². The van der Waals surface area contributed by atoms with Crippen molar-refractivity contribution in [2.75, 3.05) is 12.3 Å². The first-order chi connectivity index (χ1) is 9.66. The summed E-state index contributed by atoms with van der Waals surface area (Å²) in [5, 5.41) is 13.1. The van der Waals surface area contributed by atoms with Crippen LogP contribution in [0.4, 0.5) is 0 Å². The van der Waals surface area contributed by atoms with Crippen molar-refractivity contribution in [3.63, 3.8) is 0 Å². The Hall–Kier alpha value is -1.34. The van der Waals surface area contributed by atoms with Crippen molar-refractivity contribution in [2.45, 2.75) is 37.1 Å². The maximum atomic E-state index is 12.2. The number of nitrogens with zero attached hydrogens (tertiary/aromatic N) is 2. The third-order valence-corrected chi connectivity index (χ3v) is 4.92. The highest BCUT2D eigenvalue weighted by Crippen LogP contribution is 2.24. The van der Waals surface area contributed by atoms with Crippen LogP contribution >= 0.6 is 11.8 Å². The Labute approximate surface area is 120 Å². The van der Waals surface area contributed by atoms with E-state index in [0.29, 0.717) is 18.2 Å². The van der Waals surface area contributed by atoms with Crippen molar-refractivity contribution in [3.05, 3.63) is 22.1 Å². The minimum atomic E-state index is -0.395. The van der Waals surface area contributed by atoms with Crippen LogP contribution in [0, 0.1) is 5.92 Å². The summed E-state index contributed by atoms with van der Waals surface area (Å²) in [6.07, 6.45) is 3.71. The van der Waals surface area contributed by atoms with Crippen LogP contribution in [0.3, 0.4) is 0 Å². The van der Waals surface area contributed by atoms with Crippen LogP contribution in [0.2, 0.25) is 0 Å². The van der Waals surface area contributed by atoms with Gasteiger partial charge in [-0.05, 0) is 12.8 Å². The number of hydrogen-bond donors (Lipinski definition) is 2. The third kappa shape index (κ3) is 2.47. The Morgan fingerprint density at radius 1 is 1.55 bits per heavy atom. The zero-order chi connectivity index (χ0) is 14.1. The molecule has 2 N–H and O–H groups in total. The number of aromatic nitrogens is 2. The van der Waals surface area contributed by atoms with Gasteiger partial charge in [0, 0.05) is 31.0 Å². The topological polar surface area (TPSA) is 84.2 Å². The summed E-state index contributed by atoms with van der Waals surface area (Å²) in [6, 6.07) is 0. The standard InChI is InChI=1S/C13H17N3O3S/c17-10-3-1-2-8(10)6-14-11(18)9-7-15-13-16(12(9)19)4-5-20-13/h7-8,10,17H,1-6H2,(H,14,18). The second kappa shape index (κ2) is 5.57. The number of hydrogen-bond acceptors (Lipinski definition) is 5. The van der Waals surface area contributed by atoms with Gasteiger partial charge in [-0.15, -0.1) is 0 Å². The average Bonchev–Trinajstić information content (AvgIpc) is 3.05. The smallest absolute Gasteiger partial charge is 0.267 e. The molecule has 1 aromatic heterocycles. The zero-order valence-corrected chi connectivity index (χ0v) is 11.9. The van der Waals surface area contributed by atoms with Crippen molar-refractivity contribution in [1.29, 1.82) is 0 Å². The van der Waals surface area contributed by atoms with E-state index in [9.17, 15) is 14.7 Å². The molecule has 1 aliphatic carbocycles. The summed E-state index contributed by atoms with van der Waals surface area (Å²) in [7, 11) is 0. The predicted molar refractivity (Wildman–Crippen MR) is 74.9 cm³/mol. The van der Waals surface area contributed by atoms with Gasteiger partial charge in [0.25, 0.3) is 11.5 Å². The lowest BCUT2D eigenvalue weighted by Crippen LogP contribution is -2.37. The van der Waals surface area contributed by atoms with E-state index in [0.717, 1.165) is 25.0 Å². The van der Waals surface area contributed by atoms with Crippen LogP contribution in [0.5, 0.6) is 0 Å². The van der Waals surface area contributed by atoms with Gasteiger partial charge >= 0.3 is 0 Å². The van der Waals surface area contributed by atoms with Crippen LogP contribution in [-0.4, -0.2) is 39.0 Å². The zero-order valence-electron chi connectivity index (χ0n) is 11.0. The first kappa shape index (κ1) is 13.6. The molecule has 2 atom stereocenters. The van der Waals surface area contributed by atoms with Gasteiger partial charge < -0.3 is 10.4 Å². The molecule has 0 saturated heterocycles. The molecule has 1 aliphatic heterocycles. The lowest BCUT2D eigenvalue weighted by atomic mass is 10.1. The number of carbonyl (C=O) groups excluding carboxylic acids is 1. The molecule has 20 heavy (non-hydrogen) atoms. The van der Waals surface area contributed by atoms with Crippen LogP contribution in [0.15, 0.2) is 16.1 Å². The second-order valence-corrected chi connectivity index (χ2v) is 6.29. The fraction of sp³-hybridized carbons (Fsp3) is 0.615. The summed E-state index contributed by atoms with van der Waals surface area (Å²) in [5.41, 5.74) is -0.187. The van der Waals surface area contributed by atoms with Crippen LogP contribution in [0.25, 0.3) is 0 Å². The summed E-state index contributed by atoms with van der Waals surface area (Å²) in [6.45, 7) is 1.02. The van der Waals surface area contributed by atoms with Gasteiger partial charge in [-0.2, -0.15) is 0 Å². The molecule has 1 amide bonds. The van der Waals surface area contributed by atoms with E-state index < -0.39 is 5.91 Å². The van der Waals surface area contributed by atoms with Gasteiger partial charge in [0.05, 0.1) is 6.10 Å². The molecule has 0 aromatic carbocycles. The number of rotatable bonds is 3. The minimum absolute atomic E-state index is 0.0868. The summed E-state index contributed by atoms with van der Waals surface area (Å²) < 4.78 is 1.55. The lowest BCUT2D eigenvalue weighted by molar-refractivity contribution is 0.0914. The molecular weight excluding hydrogens is 278 g/mol. The maximum Gasteiger partial charge on any atom is 0.267 e. The molecular formula is C13H17N3O3S. The van der Waals surface area contributed by atoms with E-state index >= 15 is 0 Å². The average molecular weight is 295 g/mol. The van der Waals surface area contributed by atoms with E-state index in [2.05, 4.69) is 10.3 Å². The number of fused-ring (bicyclic) bond motifs is 1. The Bertz CT molecular complexity index is 587. The first-order valence-corrected chi connectivity index (χ1v) is 7.84. The molecule has 1 aromatic rings.